The highest BCUT2D eigenvalue weighted by Gasteiger charge is 2.28. The van der Waals surface area contributed by atoms with Crippen LogP contribution in [0.3, 0.4) is 0 Å². The van der Waals surface area contributed by atoms with Gasteiger partial charge in [0.15, 0.2) is 17.2 Å². The molecule has 5 rings (SSSR count). The Kier molecular flexibility index (Phi) is 4.05. The van der Waals surface area contributed by atoms with Crippen molar-refractivity contribution in [1.29, 1.82) is 0 Å². The molecule has 0 atom stereocenters. The van der Waals surface area contributed by atoms with E-state index in [9.17, 15) is 4.79 Å². The van der Waals surface area contributed by atoms with Crippen LogP contribution in [0, 0.1) is 6.92 Å². The summed E-state index contributed by atoms with van der Waals surface area (Å²) in [6.07, 6.45) is 0. The Morgan fingerprint density at radius 3 is 2.82 bits per heavy atom. The highest BCUT2D eigenvalue weighted by molar-refractivity contribution is 7.98. The predicted molar refractivity (Wildman–Crippen MR) is 108 cm³/mol. The quantitative estimate of drug-likeness (QED) is 0.712. The fourth-order valence-electron chi connectivity index (χ4n) is 3.64. The first-order valence-electron chi connectivity index (χ1n) is 9.11. The standard InChI is InChI=1S/C21H19N3O3S/c1-12-3-6-18-14(9-12)20-15(11-28-18)19(23-24(20)2)21(25)22-13-4-5-16-17(10-13)27-8-7-26-16/h3-6,9-10H,7-8,11H2,1-2H3,(H,22,25). The second-order valence-electron chi connectivity index (χ2n) is 6.90. The van der Waals surface area contributed by atoms with Crippen molar-refractivity contribution < 1.29 is 14.3 Å². The molecule has 0 aliphatic carbocycles. The summed E-state index contributed by atoms with van der Waals surface area (Å²) in [6.45, 7) is 3.12. The molecule has 0 saturated carbocycles. The third kappa shape index (κ3) is 2.82. The van der Waals surface area contributed by atoms with Crippen LogP contribution in [0.15, 0.2) is 41.3 Å². The van der Waals surface area contributed by atoms with E-state index in [-0.39, 0.29) is 5.91 Å². The number of thioether (sulfide) groups is 1. The topological polar surface area (TPSA) is 65.4 Å². The SMILES string of the molecule is Cc1ccc2c(c1)-c1c(c(C(=O)Nc3ccc4c(c3)OCCO4)nn1C)CS2. The highest BCUT2D eigenvalue weighted by atomic mass is 32.2. The van der Waals surface area contributed by atoms with Gasteiger partial charge < -0.3 is 14.8 Å². The van der Waals surface area contributed by atoms with Gasteiger partial charge in [-0.1, -0.05) is 11.6 Å². The fourth-order valence-corrected chi connectivity index (χ4v) is 4.69. The van der Waals surface area contributed by atoms with Gasteiger partial charge in [0.1, 0.15) is 13.2 Å². The maximum Gasteiger partial charge on any atom is 0.276 e. The maximum atomic E-state index is 13.0. The number of hydrogen-bond acceptors (Lipinski definition) is 5. The molecule has 2 aromatic carbocycles. The van der Waals surface area contributed by atoms with Crippen LogP contribution >= 0.6 is 11.8 Å². The minimum atomic E-state index is -0.217. The van der Waals surface area contributed by atoms with Gasteiger partial charge in [-0.2, -0.15) is 5.10 Å². The van der Waals surface area contributed by atoms with Crippen molar-refractivity contribution in [1.82, 2.24) is 9.78 Å². The Morgan fingerprint density at radius 2 is 1.96 bits per heavy atom. The number of carbonyl (C=O) groups excluding carboxylic acids is 1. The Bertz CT molecular complexity index is 1110. The molecule has 0 bridgehead atoms. The minimum Gasteiger partial charge on any atom is -0.486 e. The van der Waals surface area contributed by atoms with Gasteiger partial charge in [-0.3, -0.25) is 9.48 Å². The van der Waals surface area contributed by atoms with Crippen molar-refractivity contribution in [3.05, 3.63) is 53.2 Å². The van der Waals surface area contributed by atoms with Gasteiger partial charge in [0.25, 0.3) is 5.91 Å². The molecule has 1 aromatic heterocycles. The van der Waals surface area contributed by atoms with Gasteiger partial charge >= 0.3 is 0 Å². The van der Waals surface area contributed by atoms with Crippen molar-refractivity contribution in [2.45, 2.75) is 17.6 Å². The second-order valence-corrected chi connectivity index (χ2v) is 7.92. The monoisotopic (exact) mass is 393 g/mol. The zero-order chi connectivity index (χ0) is 19.3. The molecule has 3 heterocycles. The van der Waals surface area contributed by atoms with Crippen molar-refractivity contribution in [2.75, 3.05) is 18.5 Å². The molecule has 7 heteroatoms. The number of rotatable bonds is 2. The summed E-state index contributed by atoms with van der Waals surface area (Å²) in [5.41, 5.74) is 5.45. The molecule has 0 fully saturated rings. The van der Waals surface area contributed by atoms with Crippen molar-refractivity contribution in [3.63, 3.8) is 0 Å². The summed E-state index contributed by atoms with van der Waals surface area (Å²) < 4.78 is 12.9. The number of aromatic nitrogens is 2. The zero-order valence-electron chi connectivity index (χ0n) is 15.6. The van der Waals surface area contributed by atoms with Crippen LogP contribution in [0.25, 0.3) is 11.3 Å². The molecular weight excluding hydrogens is 374 g/mol. The lowest BCUT2D eigenvalue weighted by Gasteiger charge is -2.19. The number of hydrogen-bond donors (Lipinski definition) is 1. The van der Waals surface area contributed by atoms with Crippen LogP contribution in [0.5, 0.6) is 11.5 Å². The molecule has 1 N–H and O–H groups in total. The van der Waals surface area contributed by atoms with Crippen LogP contribution < -0.4 is 14.8 Å². The third-order valence-corrected chi connectivity index (χ3v) is 6.02. The van der Waals surface area contributed by atoms with Crippen molar-refractivity contribution in [2.24, 2.45) is 7.05 Å². The minimum absolute atomic E-state index is 0.217. The summed E-state index contributed by atoms with van der Waals surface area (Å²) in [7, 11) is 1.89. The molecule has 0 radical (unpaired) electrons. The average molecular weight is 393 g/mol. The number of nitrogens with zero attached hydrogens (tertiary/aromatic N) is 2. The van der Waals surface area contributed by atoms with Crippen molar-refractivity contribution in [3.8, 4) is 22.8 Å². The van der Waals surface area contributed by atoms with Crippen molar-refractivity contribution >= 4 is 23.4 Å². The van der Waals surface area contributed by atoms with E-state index in [1.54, 1.807) is 17.8 Å². The molecule has 2 aliphatic heterocycles. The van der Waals surface area contributed by atoms with Crippen LogP contribution in [-0.2, 0) is 12.8 Å². The summed E-state index contributed by atoms with van der Waals surface area (Å²) >= 11 is 1.74. The normalized spacial score (nSPS) is 14.2. The molecule has 28 heavy (non-hydrogen) atoms. The van der Waals surface area contributed by atoms with Gasteiger partial charge in [0.2, 0.25) is 0 Å². The van der Waals surface area contributed by atoms with E-state index < -0.39 is 0 Å². The van der Waals surface area contributed by atoms with Gasteiger partial charge in [-0.05, 0) is 31.2 Å². The first kappa shape index (κ1) is 17.2. The number of anilines is 1. The Balaban J connectivity index is 1.48. The van der Waals surface area contributed by atoms with E-state index in [0.717, 1.165) is 22.6 Å². The van der Waals surface area contributed by atoms with Gasteiger partial charge in [0.05, 0.1) is 5.69 Å². The lowest BCUT2D eigenvalue weighted by Crippen LogP contribution is -2.17. The first-order chi connectivity index (χ1) is 13.6. The van der Waals surface area contributed by atoms with E-state index in [4.69, 9.17) is 9.47 Å². The Labute approximate surface area is 166 Å². The van der Waals surface area contributed by atoms with E-state index in [0.29, 0.717) is 36.1 Å². The van der Waals surface area contributed by atoms with Crippen LogP contribution in [-0.4, -0.2) is 28.9 Å². The number of fused-ring (bicyclic) bond motifs is 4. The summed E-state index contributed by atoms with van der Waals surface area (Å²) in [5, 5.41) is 7.49. The van der Waals surface area contributed by atoms with Gasteiger partial charge in [-0.15, -0.1) is 11.8 Å². The van der Waals surface area contributed by atoms with Gasteiger partial charge in [0, 0.05) is 40.6 Å². The first-order valence-corrected chi connectivity index (χ1v) is 10.1. The van der Waals surface area contributed by atoms with E-state index in [1.807, 2.05) is 23.9 Å². The summed E-state index contributed by atoms with van der Waals surface area (Å²) in [6, 6.07) is 11.8. The maximum absolute atomic E-state index is 13.0. The number of benzene rings is 2. The second kappa shape index (κ2) is 6.60. The molecule has 0 spiro atoms. The van der Waals surface area contributed by atoms with Gasteiger partial charge in [-0.25, -0.2) is 0 Å². The van der Waals surface area contributed by atoms with Crippen LogP contribution in [0.1, 0.15) is 21.6 Å². The Hall–Kier alpha value is -2.93. The number of ether oxygens (including phenoxy) is 2. The predicted octanol–water partition coefficient (Wildman–Crippen LogP) is 4.02. The molecule has 142 valence electrons. The molecule has 0 unspecified atom stereocenters. The number of amides is 1. The van der Waals surface area contributed by atoms with E-state index >= 15 is 0 Å². The molecule has 2 aliphatic rings. The Morgan fingerprint density at radius 1 is 1.14 bits per heavy atom. The molecule has 6 nitrogen and oxygen atoms in total. The fraction of sp³-hybridized carbons (Fsp3) is 0.238. The lowest BCUT2D eigenvalue weighted by molar-refractivity contribution is 0.102. The molecular formula is C21H19N3O3S. The largest absolute Gasteiger partial charge is 0.486 e. The van der Waals surface area contributed by atoms with E-state index in [2.05, 4.69) is 35.5 Å². The average Bonchev–Trinajstić information content (AvgIpc) is 3.05. The smallest absolute Gasteiger partial charge is 0.276 e. The number of carbonyl (C=O) groups is 1. The zero-order valence-corrected chi connectivity index (χ0v) is 16.4. The summed E-state index contributed by atoms with van der Waals surface area (Å²) in [4.78, 5) is 14.2. The summed E-state index contributed by atoms with van der Waals surface area (Å²) in [5.74, 6) is 1.85. The van der Waals surface area contributed by atoms with Crippen LogP contribution in [0.2, 0.25) is 0 Å². The lowest BCUT2D eigenvalue weighted by atomic mass is 10.0. The van der Waals surface area contributed by atoms with Crippen LogP contribution in [0.4, 0.5) is 5.69 Å². The third-order valence-electron chi connectivity index (χ3n) is 4.92. The highest BCUT2D eigenvalue weighted by Crippen LogP contribution is 2.43. The number of nitrogens with one attached hydrogen (secondary N) is 1. The molecule has 1 amide bonds. The number of aryl methyl sites for hydroxylation is 2. The molecule has 0 saturated heterocycles. The molecule has 3 aromatic rings. The van der Waals surface area contributed by atoms with E-state index in [1.165, 1.54) is 10.5 Å².